The van der Waals surface area contributed by atoms with Gasteiger partial charge in [-0.05, 0) is 30.7 Å². The van der Waals surface area contributed by atoms with Gasteiger partial charge >= 0.3 is 0 Å². The van der Waals surface area contributed by atoms with Gasteiger partial charge in [-0.3, -0.25) is 4.79 Å². The molecule has 2 N–H and O–H groups in total. The van der Waals surface area contributed by atoms with Crippen molar-refractivity contribution >= 4 is 34.8 Å². The highest BCUT2D eigenvalue weighted by Crippen LogP contribution is 2.25. The van der Waals surface area contributed by atoms with E-state index in [9.17, 15) is 4.79 Å². The number of amides is 1. The average molecular weight is 324 g/mol. The van der Waals surface area contributed by atoms with Crippen LogP contribution in [0.15, 0.2) is 36.5 Å². The highest BCUT2D eigenvalue weighted by Gasteiger charge is 2.21. The van der Waals surface area contributed by atoms with Crippen molar-refractivity contribution in [1.29, 1.82) is 0 Å². The number of nitrogen functional groups attached to an aromatic ring is 1. The van der Waals surface area contributed by atoms with Crippen LogP contribution in [0.3, 0.4) is 0 Å². The summed E-state index contributed by atoms with van der Waals surface area (Å²) in [6.45, 7) is 1.91. The smallest absolute Gasteiger partial charge is 0.257 e. The Bertz CT molecular complexity index is 676. The van der Waals surface area contributed by atoms with Gasteiger partial charge < -0.3 is 10.6 Å². The highest BCUT2D eigenvalue weighted by molar-refractivity contribution is 6.32. The number of rotatable bonds is 3. The fourth-order valence-electron chi connectivity index (χ4n) is 1.97. The molecule has 0 spiro atoms. The monoisotopic (exact) mass is 323 g/mol. The molecule has 0 saturated heterocycles. The van der Waals surface area contributed by atoms with Gasteiger partial charge in [-0.25, -0.2) is 4.98 Å². The van der Waals surface area contributed by atoms with Gasteiger partial charge in [0.15, 0.2) is 0 Å². The van der Waals surface area contributed by atoms with Crippen molar-refractivity contribution in [1.82, 2.24) is 9.88 Å². The molecule has 1 heterocycles. The molecule has 1 atom stereocenters. The number of anilines is 1. The summed E-state index contributed by atoms with van der Waals surface area (Å²) < 4.78 is 0. The summed E-state index contributed by atoms with van der Waals surface area (Å²) in [6, 6.07) is 8.75. The second kappa shape index (κ2) is 6.33. The molecule has 1 amide bonds. The first-order valence-electron chi connectivity index (χ1n) is 6.34. The normalized spacial score (nSPS) is 12.0. The number of nitrogens with zero attached hydrogens (tertiary/aromatic N) is 2. The van der Waals surface area contributed by atoms with Crippen molar-refractivity contribution in [3.63, 3.8) is 0 Å². The first kappa shape index (κ1) is 15.6. The Balaban J connectivity index is 2.28. The van der Waals surface area contributed by atoms with Crippen molar-refractivity contribution in [2.45, 2.75) is 13.0 Å². The fourth-order valence-corrected chi connectivity index (χ4v) is 2.35. The molecule has 2 aromatic rings. The number of carbonyl (C=O) groups excluding carboxylic acids is 1. The van der Waals surface area contributed by atoms with Gasteiger partial charge in [-0.1, -0.05) is 35.3 Å². The summed E-state index contributed by atoms with van der Waals surface area (Å²) in [7, 11) is 1.70. The fraction of sp³-hybridized carbons (Fsp3) is 0.200. The zero-order valence-electron chi connectivity index (χ0n) is 11.7. The Hall–Kier alpha value is -1.78. The van der Waals surface area contributed by atoms with Crippen molar-refractivity contribution in [3.05, 3.63) is 57.8 Å². The van der Waals surface area contributed by atoms with E-state index in [0.717, 1.165) is 5.56 Å². The van der Waals surface area contributed by atoms with E-state index in [-0.39, 0.29) is 22.7 Å². The molecule has 0 bridgehead atoms. The SMILES string of the molecule is CC(c1cccc(Cl)c1)N(C)C(=O)c1cc(N)cnc1Cl. The van der Waals surface area contributed by atoms with Crippen LogP contribution in [0.25, 0.3) is 0 Å². The lowest BCUT2D eigenvalue weighted by atomic mass is 10.1. The van der Waals surface area contributed by atoms with Crippen LogP contribution in [0.1, 0.15) is 28.9 Å². The Labute approximate surface area is 133 Å². The summed E-state index contributed by atoms with van der Waals surface area (Å²) in [6.07, 6.45) is 1.42. The molecule has 6 heteroatoms. The molecule has 110 valence electrons. The molecule has 0 radical (unpaired) electrons. The maximum Gasteiger partial charge on any atom is 0.257 e. The van der Waals surface area contributed by atoms with Crippen LogP contribution in [-0.2, 0) is 0 Å². The Morgan fingerprint density at radius 3 is 2.71 bits per heavy atom. The third-order valence-corrected chi connectivity index (χ3v) is 3.86. The molecule has 0 aliphatic carbocycles. The third-order valence-electron chi connectivity index (χ3n) is 3.32. The minimum absolute atomic E-state index is 0.138. The lowest BCUT2D eigenvalue weighted by Gasteiger charge is -2.26. The van der Waals surface area contributed by atoms with Crippen LogP contribution in [0.4, 0.5) is 5.69 Å². The quantitative estimate of drug-likeness (QED) is 0.874. The van der Waals surface area contributed by atoms with Gasteiger partial charge in [-0.2, -0.15) is 0 Å². The van der Waals surface area contributed by atoms with Crippen LogP contribution < -0.4 is 5.73 Å². The predicted molar refractivity (Wildman–Crippen MR) is 85.6 cm³/mol. The third kappa shape index (κ3) is 3.46. The number of hydrogen-bond acceptors (Lipinski definition) is 3. The molecule has 1 aromatic carbocycles. The topological polar surface area (TPSA) is 59.2 Å². The van der Waals surface area contributed by atoms with Crippen LogP contribution in [0, 0.1) is 0 Å². The van der Waals surface area contributed by atoms with E-state index < -0.39 is 0 Å². The standard InChI is InChI=1S/C15H15Cl2N3O/c1-9(10-4-3-5-11(16)6-10)20(2)15(21)13-7-12(18)8-19-14(13)17/h3-9H,18H2,1-2H3. The summed E-state index contributed by atoms with van der Waals surface area (Å²) in [5, 5.41) is 0.767. The second-order valence-corrected chi connectivity index (χ2v) is 5.55. The van der Waals surface area contributed by atoms with E-state index in [0.29, 0.717) is 10.7 Å². The van der Waals surface area contributed by atoms with E-state index in [1.165, 1.54) is 12.3 Å². The van der Waals surface area contributed by atoms with Crippen LogP contribution >= 0.6 is 23.2 Å². The molecule has 4 nitrogen and oxygen atoms in total. The van der Waals surface area contributed by atoms with Crippen molar-refractivity contribution in [2.24, 2.45) is 0 Å². The predicted octanol–water partition coefficient (Wildman–Crippen LogP) is 3.80. The molecular weight excluding hydrogens is 309 g/mol. The van der Waals surface area contributed by atoms with Crippen molar-refractivity contribution in [3.8, 4) is 0 Å². The Morgan fingerprint density at radius 2 is 2.05 bits per heavy atom. The minimum Gasteiger partial charge on any atom is -0.397 e. The number of hydrogen-bond donors (Lipinski definition) is 1. The van der Waals surface area contributed by atoms with Gasteiger partial charge in [0.1, 0.15) is 5.15 Å². The molecule has 1 unspecified atom stereocenters. The first-order valence-corrected chi connectivity index (χ1v) is 7.09. The lowest BCUT2D eigenvalue weighted by Crippen LogP contribution is -2.30. The molecular formula is C15H15Cl2N3O. The molecule has 1 aromatic heterocycles. The average Bonchev–Trinajstić information content (AvgIpc) is 2.47. The highest BCUT2D eigenvalue weighted by atomic mass is 35.5. The van der Waals surface area contributed by atoms with Gasteiger partial charge in [0.05, 0.1) is 23.5 Å². The zero-order valence-corrected chi connectivity index (χ0v) is 13.2. The van der Waals surface area contributed by atoms with Gasteiger partial charge in [0.25, 0.3) is 5.91 Å². The van der Waals surface area contributed by atoms with Crippen LogP contribution in [-0.4, -0.2) is 22.8 Å². The number of carbonyl (C=O) groups is 1. The molecule has 0 aliphatic heterocycles. The number of aromatic nitrogens is 1. The Kier molecular flexibility index (Phi) is 4.70. The van der Waals surface area contributed by atoms with E-state index >= 15 is 0 Å². The first-order chi connectivity index (χ1) is 9.90. The van der Waals surface area contributed by atoms with E-state index in [2.05, 4.69) is 4.98 Å². The van der Waals surface area contributed by atoms with Crippen LogP contribution in [0.2, 0.25) is 10.2 Å². The summed E-state index contributed by atoms with van der Waals surface area (Å²) in [5.74, 6) is -0.243. The van der Waals surface area contributed by atoms with E-state index in [4.69, 9.17) is 28.9 Å². The lowest BCUT2D eigenvalue weighted by molar-refractivity contribution is 0.0742. The number of benzene rings is 1. The van der Waals surface area contributed by atoms with Crippen molar-refractivity contribution in [2.75, 3.05) is 12.8 Å². The number of pyridine rings is 1. The summed E-state index contributed by atoms with van der Waals surface area (Å²) >= 11 is 12.0. The molecule has 0 saturated carbocycles. The minimum atomic E-state index is -0.243. The van der Waals surface area contributed by atoms with E-state index in [1.54, 1.807) is 18.0 Å². The molecule has 0 fully saturated rings. The summed E-state index contributed by atoms with van der Waals surface area (Å²) in [4.78, 5) is 18.0. The largest absolute Gasteiger partial charge is 0.397 e. The molecule has 21 heavy (non-hydrogen) atoms. The van der Waals surface area contributed by atoms with Gasteiger partial charge in [0, 0.05) is 12.1 Å². The maximum absolute atomic E-state index is 12.5. The van der Waals surface area contributed by atoms with E-state index in [1.807, 2.05) is 25.1 Å². The van der Waals surface area contributed by atoms with Gasteiger partial charge in [0.2, 0.25) is 0 Å². The van der Waals surface area contributed by atoms with Crippen molar-refractivity contribution < 1.29 is 4.79 Å². The zero-order chi connectivity index (χ0) is 15.6. The Morgan fingerprint density at radius 1 is 1.33 bits per heavy atom. The maximum atomic E-state index is 12.5. The van der Waals surface area contributed by atoms with Crippen LogP contribution in [0.5, 0.6) is 0 Å². The summed E-state index contributed by atoms with van der Waals surface area (Å²) in [5.41, 5.74) is 7.28. The second-order valence-electron chi connectivity index (χ2n) is 4.75. The number of halogens is 2. The molecule has 2 rings (SSSR count). The molecule has 0 aliphatic rings. The van der Waals surface area contributed by atoms with Gasteiger partial charge in [-0.15, -0.1) is 0 Å². The number of nitrogens with two attached hydrogens (primary N) is 1.